The lowest BCUT2D eigenvalue weighted by Gasteiger charge is -2.25. The highest BCUT2D eigenvalue weighted by Crippen LogP contribution is 2.29. The molecule has 2 N–H and O–H groups in total. The number of nitrogens with zero attached hydrogens (tertiary/aromatic N) is 3. The fourth-order valence-electron chi connectivity index (χ4n) is 1.71. The van der Waals surface area contributed by atoms with Crippen LogP contribution in [0.4, 0.5) is 11.9 Å². The van der Waals surface area contributed by atoms with Gasteiger partial charge in [-0.2, -0.15) is 15.0 Å². The molecular weight excluding hydrogens is 226 g/mol. The van der Waals surface area contributed by atoms with Gasteiger partial charge in [-0.25, -0.2) is 0 Å². The molecular formula is C10H16ClN5. The van der Waals surface area contributed by atoms with E-state index < -0.39 is 0 Å². The largest absolute Gasteiger partial charge is 0.357 e. The van der Waals surface area contributed by atoms with Crippen molar-refractivity contribution in [2.24, 2.45) is 5.92 Å². The summed E-state index contributed by atoms with van der Waals surface area (Å²) < 4.78 is 0. The summed E-state index contributed by atoms with van der Waals surface area (Å²) in [6, 6.07) is 0. The molecule has 0 atom stereocenters. The number of hydrogen-bond donors (Lipinski definition) is 2. The monoisotopic (exact) mass is 241 g/mol. The van der Waals surface area contributed by atoms with Gasteiger partial charge in [-0.05, 0) is 23.9 Å². The molecule has 88 valence electrons. The van der Waals surface area contributed by atoms with E-state index in [1.807, 2.05) is 0 Å². The van der Waals surface area contributed by atoms with Crippen LogP contribution in [0.3, 0.4) is 0 Å². The van der Waals surface area contributed by atoms with Gasteiger partial charge in [-0.1, -0.05) is 19.3 Å². The third kappa shape index (κ3) is 2.95. The van der Waals surface area contributed by atoms with Gasteiger partial charge >= 0.3 is 0 Å². The molecule has 1 aliphatic rings. The molecule has 1 heterocycles. The Kier molecular flexibility index (Phi) is 3.77. The van der Waals surface area contributed by atoms with E-state index in [-0.39, 0.29) is 5.28 Å². The molecule has 0 unspecified atom stereocenters. The number of rotatable bonds is 5. The van der Waals surface area contributed by atoms with Gasteiger partial charge in [0.05, 0.1) is 0 Å². The molecule has 2 rings (SSSR count). The molecule has 0 spiro atoms. The molecule has 0 radical (unpaired) electrons. The van der Waals surface area contributed by atoms with E-state index >= 15 is 0 Å². The predicted octanol–water partition coefficient (Wildman–Crippen LogP) is 2.17. The maximum atomic E-state index is 5.77. The van der Waals surface area contributed by atoms with E-state index in [0.717, 1.165) is 12.5 Å². The van der Waals surface area contributed by atoms with E-state index in [9.17, 15) is 0 Å². The van der Waals surface area contributed by atoms with E-state index in [0.29, 0.717) is 11.9 Å². The van der Waals surface area contributed by atoms with Crippen LogP contribution in [0.5, 0.6) is 0 Å². The molecule has 6 heteroatoms. The second-order valence-electron chi connectivity index (χ2n) is 4.01. The van der Waals surface area contributed by atoms with Gasteiger partial charge in [0.2, 0.25) is 17.2 Å². The standard InChI is InChI=1S/C10H16ClN5/c1-12-9-14-8(11)15-10(16-9)13-6-5-7-3-2-4-7/h7H,2-6H2,1H3,(H2,12,13,14,15,16). The first-order valence-electron chi connectivity index (χ1n) is 5.61. The van der Waals surface area contributed by atoms with Crippen molar-refractivity contribution in [3.05, 3.63) is 5.28 Å². The van der Waals surface area contributed by atoms with Gasteiger partial charge < -0.3 is 10.6 Å². The number of aromatic nitrogens is 3. The van der Waals surface area contributed by atoms with Crippen LogP contribution in [0.1, 0.15) is 25.7 Å². The zero-order chi connectivity index (χ0) is 11.4. The summed E-state index contributed by atoms with van der Waals surface area (Å²) in [7, 11) is 1.75. The summed E-state index contributed by atoms with van der Waals surface area (Å²) in [4.78, 5) is 12.1. The van der Waals surface area contributed by atoms with E-state index in [2.05, 4.69) is 25.6 Å². The van der Waals surface area contributed by atoms with E-state index in [1.165, 1.54) is 25.7 Å². The van der Waals surface area contributed by atoms with Crippen LogP contribution in [0.2, 0.25) is 5.28 Å². The average molecular weight is 242 g/mol. The Bertz CT molecular complexity index is 353. The Labute approximate surface area is 100 Å². The van der Waals surface area contributed by atoms with Gasteiger partial charge in [-0.3, -0.25) is 0 Å². The Hall–Kier alpha value is -1.10. The minimum absolute atomic E-state index is 0.213. The summed E-state index contributed by atoms with van der Waals surface area (Å²) in [5.41, 5.74) is 0. The highest BCUT2D eigenvalue weighted by atomic mass is 35.5. The van der Waals surface area contributed by atoms with Gasteiger partial charge in [0.15, 0.2) is 0 Å². The molecule has 1 fully saturated rings. The first-order valence-corrected chi connectivity index (χ1v) is 5.99. The Morgan fingerprint density at radius 2 is 2.00 bits per heavy atom. The maximum Gasteiger partial charge on any atom is 0.228 e. The van der Waals surface area contributed by atoms with Gasteiger partial charge in [0.25, 0.3) is 0 Å². The first kappa shape index (κ1) is 11.4. The minimum atomic E-state index is 0.213. The summed E-state index contributed by atoms with van der Waals surface area (Å²) in [6.07, 6.45) is 5.28. The summed E-state index contributed by atoms with van der Waals surface area (Å²) in [5, 5.41) is 6.23. The number of halogens is 1. The number of nitrogens with one attached hydrogen (secondary N) is 2. The Morgan fingerprint density at radius 1 is 1.25 bits per heavy atom. The zero-order valence-corrected chi connectivity index (χ0v) is 10.1. The predicted molar refractivity (Wildman–Crippen MR) is 64.8 cm³/mol. The van der Waals surface area contributed by atoms with E-state index in [4.69, 9.17) is 11.6 Å². The topological polar surface area (TPSA) is 62.7 Å². The van der Waals surface area contributed by atoms with Crippen LogP contribution in [-0.4, -0.2) is 28.5 Å². The highest BCUT2D eigenvalue weighted by Gasteiger charge is 2.16. The minimum Gasteiger partial charge on any atom is -0.357 e. The smallest absolute Gasteiger partial charge is 0.228 e. The van der Waals surface area contributed by atoms with E-state index in [1.54, 1.807) is 7.05 Å². The molecule has 1 saturated carbocycles. The van der Waals surface area contributed by atoms with Gasteiger partial charge in [-0.15, -0.1) is 0 Å². The van der Waals surface area contributed by atoms with Crippen LogP contribution in [-0.2, 0) is 0 Å². The first-order chi connectivity index (χ1) is 7.78. The fraction of sp³-hybridized carbons (Fsp3) is 0.700. The van der Waals surface area contributed by atoms with Crippen molar-refractivity contribution >= 4 is 23.5 Å². The second kappa shape index (κ2) is 5.30. The van der Waals surface area contributed by atoms with Crippen LogP contribution in [0.15, 0.2) is 0 Å². The van der Waals surface area contributed by atoms with Crippen molar-refractivity contribution in [3.63, 3.8) is 0 Å². The lowest BCUT2D eigenvalue weighted by molar-refractivity contribution is 0.303. The van der Waals surface area contributed by atoms with Crippen molar-refractivity contribution in [2.45, 2.75) is 25.7 Å². The number of anilines is 2. The van der Waals surface area contributed by atoms with Gasteiger partial charge in [0.1, 0.15) is 0 Å². The zero-order valence-electron chi connectivity index (χ0n) is 9.33. The molecule has 0 saturated heterocycles. The quantitative estimate of drug-likeness (QED) is 0.827. The molecule has 16 heavy (non-hydrogen) atoms. The summed E-state index contributed by atoms with van der Waals surface area (Å²) in [5.74, 6) is 1.92. The lowest BCUT2D eigenvalue weighted by Crippen LogP contribution is -2.16. The Balaban J connectivity index is 1.84. The molecule has 0 aromatic carbocycles. The van der Waals surface area contributed by atoms with Crippen molar-refractivity contribution in [3.8, 4) is 0 Å². The third-order valence-corrected chi connectivity index (χ3v) is 3.06. The molecule has 1 aliphatic carbocycles. The molecule has 0 aliphatic heterocycles. The summed E-state index contributed by atoms with van der Waals surface area (Å²) >= 11 is 5.77. The second-order valence-corrected chi connectivity index (χ2v) is 4.35. The maximum absolute atomic E-state index is 5.77. The van der Waals surface area contributed by atoms with Crippen LogP contribution < -0.4 is 10.6 Å². The lowest BCUT2D eigenvalue weighted by atomic mass is 9.83. The molecule has 1 aromatic heterocycles. The average Bonchev–Trinajstić information content (AvgIpc) is 2.21. The van der Waals surface area contributed by atoms with Crippen LogP contribution in [0, 0.1) is 5.92 Å². The van der Waals surface area contributed by atoms with Crippen LogP contribution in [0.25, 0.3) is 0 Å². The highest BCUT2D eigenvalue weighted by molar-refractivity contribution is 6.28. The molecule has 0 amide bonds. The molecule has 0 bridgehead atoms. The van der Waals surface area contributed by atoms with Crippen molar-refractivity contribution in [1.29, 1.82) is 0 Å². The van der Waals surface area contributed by atoms with Gasteiger partial charge in [0, 0.05) is 13.6 Å². The molecule has 1 aromatic rings. The normalized spacial score (nSPS) is 15.6. The Morgan fingerprint density at radius 3 is 2.62 bits per heavy atom. The SMILES string of the molecule is CNc1nc(Cl)nc(NCCC2CCC2)n1. The van der Waals surface area contributed by atoms with Crippen LogP contribution >= 0.6 is 11.6 Å². The molecule has 5 nitrogen and oxygen atoms in total. The van der Waals surface area contributed by atoms with Crippen molar-refractivity contribution in [2.75, 3.05) is 24.2 Å². The summed E-state index contributed by atoms with van der Waals surface area (Å²) in [6.45, 7) is 0.897. The number of hydrogen-bond acceptors (Lipinski definition) is 5. The fourth-order valence-corrected chi connectivity index (χ4v) is 1.87. The third-order valence-electron chi connectivity index (χ3n) is 2.89. The van der Waals surface area contributed by atoms with Crippen molar-refractivity contribution in [1.82, 2.24) is 15.0 Å². The van der Waals surface area contributed by atoms with Crippen molar-refractivity contribution < 1.29 is 0 Å².